The molecule has 1 atom stereocenters. The molecule has 180 valence electrons. The highest BCUT2D eigenvalue weighted by Gasteiger charge is 2.28. The molecule has 0 radical (unpaired) electrons. The molecule has 1 aliphatic heterocycles. The molecule has 1 unspecified atom stereocenters. The van der Waals surface area contributed by atoms with Gasteiger partial charge in [0.2, 0.25) is 5.95 Å². The Morgan fingerprint density at radius 1 is 1.00 bits per heavy atom. The highest BCUT2D eigenvalue weighted by molar-refractivity contribution is 6.42. The molecule has 9 nitrogen and oxygen atoms in total. The number of benzene rings is 2. The molecule has 2 aromatic carbocycles. The molecule has 1 fully saturated rings. The summed E-state index contributed by atoms with van der Waals surface area (Å²) in [6.45, 7) is 2.14. The third-order valence-electron chi connectivity index (χ3n) is 5.93. The van der Waals surface area contributed by atoms with E-state index in [1.54, 1.807) is 26.5 Å². The molecule has 2 aromatic heterocycles. The molecular weight excluding hydrogens is 489 g/mol. The minimum absolute atomic E-state index is 0.0671. The number of piperazine rings is 1. The lowest BCUT2D eigenvalue weighted by Crippen LogP contribution is -2.46. The molecule has 0 amide bonds. The molecule has 5 rings (SSSR count). The Morgan fingerprint density at radius 2 is 1.83 bits per heavy atom. The summed E-state index contributed by atoms with van der Waals surface area (Å²) in [5, 5.41) is 4.44. The number of hydrogen-bond donors (Lipinski definition) is 2. The van der Waals surface area contributed by atoms with Gasteiger partial charge in [-0.15, -0.1) is 0 Å². The molecule has 0 bridgehead atoms. The summed E-state index contributed by atoms with van der Waals surface area (Å²) in [5.74, 6) is 1.97. The number of nitrogens with one attached hydrogen (secondary N) is 1. The van der Waals surface area contributed by atoms with E-state index in [2.05, 4.69) is 25.2 Å². The molecule has 1 aliphatic rings. The molecule has 3 heterocycles. The number of nitrogens with zero attached hydrogens (tertiary/aromatic N) is 5. The number of aromatic nitrogens is 4. The van der Waals surface area contributed by atoms with E-state index in [1.165, 1.54) is 0 Å². The van der Waals surface area contributed by atoms with Gasteiger partial charge in [0.15, 0.2) is 28.5 Å². The fourth-order valence-corrected chi connectivity index (χ4v) is 4.53. The summed E-state index contributed by atoms with van der Waals surface area (Å²) in [6, 6.07) is 11.2. The monoisotopic (exact) mass is 511 g/mol. The largest absolute Gasteiger partial charge is 0.493 e. The number of nitrogen functional groups attached to an aromatic ring is 1. The lowest BCUT2D eigenvalue weighted by Gasteiger charge is -2.37. The zero-order valence-electron chi connectivity index (χ0n) is 19.1. The summed E-state index contributed by atoms with van der Waals surface area (Å²) in [4.78, 5) is 20.5. The highest BCUT2D eigenvalue weighted by atomic mass is 35.5. The number of rotatable bonds is 5. The number of anilines is 2. The van der Waals surface area contributed by atoms with Crippen LogP contribution in [0.5, 0.6) is 11.5 Å². The quantitative estimate of drug-likeness (QED) is 0.408. The molecule has 11 heteroatoms. The number of halogens is 2. The van der Waals surface area contributed by atoms with Crippen LogP contribution in [0.25, 0.3) is 22.4 Å². The van der Waals surface area contributed by atoms with Crippen LogP contribution < -0.4 is 25.4 Å². The van der Waals surface area contributed by atoms with Crippen LogP contribution in [-0.4, -0.2) is 53.8 Å². The van der Waals surface area contributed by atoms with Crippen LogP contribution >= 0.6 is 23.2 Å². The van der Waals surface area contributed by atoms with Crippen molar-refractivity contribution >= 4 is 46.1 Å². The fourth-order valence-electron chi connectivity index (χ4n) is 4.22. The first-order valence-electron chi connectivity index (χ1n) is 10.9. The Bertz CT molecular complexity index is 1400. The maximum atomic E-state index is 6.32. The summed E-state index contributed by atoms with van der Waals surface area (Å²) >= 11 is 12.5. The number of methoxy groups -OCH3 is 2. The van der Waals surface area contributed by atoms with Crippen LogP contribution in [0.3, 0.4) is 0 Å². The second-order valence-corrected chi connectivity index (χ2v) is 8.80. The van der Waals surface area contributed by atoms with Crippen LogP contribution in [0.2, 0.25) is 10.0 Å². The maximum Gasteiger partial charge on any atom is 0.224 e. The van der Waals surface area contributed by atoms with Gasteiger partial charge in [0.05, 0.1) is 42.2 Å². The van der Waals surface area contributed by atoms with Crippen LogP contribution in [0, 0.1) is 0 Å². The predicted molar refractivity (Wildman–Crippen MR) is 137 cm³/mol. The van der Waals surface area contributed by atoms with Gasteiger partial charge in [-0.05, 0) is 35.9 Å². The third-order valence-corrected chi connectivity index (χ3v) is 6.67. The van der Waals surface area contributed by atoms with E-state index in [9.17, 15) is 0 Å². The van der Waals surface area contributed by atoms with Gasteiger partial charge in [0.1, 0.15) is 0 Å². The van der Waals surface area contributed by atoms with Gasteiger partial charge in [-0.3, -0.25) is 0 Å². The lowest BCUT2D eigenvalue weighted by molar-refractivity contribution is 0.355. The molecule has 3 N–H and O–H groups in total. The average Bonchev–Trinajstić information content (AvgIpc) is 2.89. The standard InChI is InChI=1S/C24H23Cl2N7O2/c1-34-19-6-4-13(10-20(19)35-2)17-11-29-22-21(30-17)23(32-24(27)31-22)33-8-7-28-12-18(33)14-3-5-15(25)16(26)9-14/h3-6,9-11,18,28H,7-8,12H2,1-2H3,(H2,27,29,31,32). The first-order valence-corrected chi connectivity index (χ1v) is 11.7. The van der Waals surface area contributed by atoms with Gasteiger partial charge < -0.3 is 25.4 Å². The van der Waals surface area contributed by atoms with E-state index in [1.807, 2.05) is 30.3 Å². The Balaban J connectivity index is 1.63. The van der Waals surface area contributed by atoms with E-state index >= 15 is 0 Å². The van der Waals surface area contributed by atoms with E-state index in [0.29, 0.717) is 57.3 Å². The van der Waals surface area contributed by atoms with Crippen molar-refractivity contribution in [2.75, 3.05) is 44.5 Å². The van der Waals surface area contributed by atoms with Crippen molar-refractivity contribution < 1.29 is 9.47 Å². The molecule has 35 heavy (non-hydrogen) atoms. The summed E-state index contributed by atoms with van der Waals surface area (Å²) in [7, 11) is 3.19. The second kappa shape index (κ2) is 9.69. The molecule has 0 saturated carbocycles. The van der Waals surface area contributed by atoms with Crippen molar-refractivity contribution in [2.24, 2.45) is 0 Å². The lowest BCUT2D eigenvalue weighted by atomic mass is 10.0. The van der Waals surface area contributed by atoms with E-state index in [0.717, 1.165) is 17.7 Å². The van der Waals surface area contributed by atoms with Gasteiger partial charge in [-0.25, -0.2) is 9.97 Å². The molecule has 0 spiro atoms. The number of nitrogens with two attached hydrogens (primary N) is 1. The van der Waals surface area contributed by atoms with Crippen molar-refractivity contribution in [3.05, 3.63) is 58.2 Å². The normalized spacial score (nSPS) is 15.9. The highest BCUT2D eigenvalue weighted by Crippen LogP contribution is 2.36. The first kappa shape index (κ1) is 23.3. The Kier molecular flexibility index (Phi) is 6.46. The Morgan fingerprint density at radius 3 is 2.60 bits per heavy atom. The van der Waals surface area contributed by atoms with Gasteiger partial charge in [0.25, 0.3) is 0 Å². The van der Waals surface area contributed by atoms with Crippen molar-refractivity contribution in [3.63, 3.8) is 0 Å². The van der Waals surface area contributed by atoms with Crippen molar-refractivity contribution in [3.8, 4) is 22.8 Å². The van der Waals surface area contributed by atoms with Crippen LogP contribution in [0.4, 0.5) is 11.8 Å². The predicted octanol–water partition coefficient (Wildman–Crippen LogP) is 4.14. The maximum absolute atomic E-state index is 6.32. The van der Waals surface area contributed by atoms with Crippen molar-refractivity contribution in [1.82, 2.24) is 25.3 Å². The molecular formula is C24H23Cl2N7O2. The minimum atomic E-state index is -0.0671. The second-order valence-electron chi connectivity index (χ2n) is 7.99. The average molecular weight is 512 g/mol. The van der Waals surface area contributed by atoms with E-state index in [4.69, 9.17) is 43.4 Å². The zero-order chi connectivity index (χ0) is 24.5. The van der Waals surface area contributed by atoms with Crippen molar-refractivity contribution in [2.45, 2.75) is 6.04 Å². The molecule has 4 aromatic rings. The number of hydrogen-bond acceptors (Lipinski definition) is 9. The summed E-state index contributed by atoms with van der Waals surface area (Å²) in [5.41, 5.74) is 9.52. The Hall–Kier alpha value is -3.40. The topological polar surface area (TPSA) is 111 Å². The zero-order valence-corrected chi connectivity index (χ0v) is 20.6. The number of fused-ring (bicyclic) bond motifs is 1. The van der Waals surface area contributed by atoms with Crippen LogP contribution in [0.15, 0.2) is 42.6 Å². The van der Waals surface area contributed by atoms with Crippen LogP contribution in [-0.2, 0) is 0 Å². The van der Waals surface area contributed by atoms with Crippen LogP contribution in [0.1, 0.15) is 11.6 Å². The van der Waals surface area contributed by atoms with E-state index < -0.39 is 0 Å². The van der Waals surface area contributed by atoms with Gasteiger partial charge >= 0.3 is 0 Å². The van der Waals surface area contributed by atoms with E-state index in [-0.39, 0.29) is 12.0 Å². The smallest absolute Gasteiger partial charge is 0.224 e. The first-order chi connectivity index (χ1) is 17.0. The van der Waals surface area contributed by atoms with Crippen molar-refractivity contribution in [1.29, 1.82) is 0 Å². The number of ether oxygens (including phenoxy) is 2. The van der Waals surface area contributed by atoms with Gasteiger partial charge in [-0.2, -0.15) is 9.97 Å². The summed E-state index contributed by atoms with van der Waals surface area (Å²) < 4.78 is 10.8. The minimum Gasteiger partial charge on any atom is -0.493 e. The Labute approximate surface area is 212 Å². The third kappa shape index (κ3) is 4.50. The SMILES string of the molecule is COc1ccc(-c2cnc3nc(N)nc(N4CCNCC4c4ccc(Cl)c(Cl)c4)c3n2)cc1OC. The van der Waals surface area contributed by atoms with Gasteiger partial charge in [0, 0.05) is 25.2 Å². The molecule has 0 aliphatic carbocycles. The fraction of sp³-hybridized carbons (Fsp3) is 0.250. The molecule has 1 saturated heterocycles. The summed E-state index contributed by atoms with van der Waals surface area (Å²) in [6.07, 6.45) is 1.66. The van der Waals surface area contributed by atoms with Gasteiger partial charge in [-0.1, -0.05) is 29.3 Å².